The molecule has 1 saturated heterocycles. The summed E-state index contributed by atoms with van der Waals surface area (Å²) >= 11 is 3.60. The predicted molar refractivity (Wildman–Crippen MR) is 95.6 cm³/mol. The summed E-state index contributed by atoms with van der Waals surface area (Å²) in [4.78, 5) is 8.57. The van der Waals surface area contributed by atoms with E-state index in [1.807, 2.05) is 11.3 Å². The van der Waals surface area contributed by atoms with Crippen LogP contribution in [0, 0.1) is 12.8 Å². The first kappa shape index (κ1) is 16.1. The number of likely N-dealkylation sites (tertiary alicyclic amines) is 1. The van der Waals surface area contributed by atoms with Gasteiger partial charge in [0, 0.05) is 22.8 Å². The molecule has 1 fully saturated rings. The minimum Gasteiger partial charge on any atom is -0.309 e. The van der Waals surface area contributed by atoms with E-state index in [0.29, 0.717) is 6.04 Å². The molecule has 1 aliphatic heterocycles. The molecule has 0 aromatic carbocycles. The standard InChI is InChI=1S/C17H25N3S2/c1-13(17-4-3-9-21-17)18-10-15-5-7-20(8-6-15)11-16-12-22-14(2)19-16/h3-4,9,12-13,15,18H,5-8,10-11H2,1-2H3/t13-/m1/s1. The lowest BCUT2D eigenvalue weighted by Crippen LogP contribution is -2.37. The molecule has 0 amide bonds. The number of rotatable bonds is 6. The van der Waals surface area contributed by atoms with Crippen molar-refractivity contribution in [3.05, 3.63) is 38.5 Å². The molecule has 0 radical (unpaired) electrons. The van der Waals surface area contributed by atoms with Gasteiger partial charge >= 0.3 is 0 Å². The molecule has 1 aliphatic rings. The minimum absolute atomic E-state index is 0.482. The van der Waals surface area contributed by atoms with Crippen LogP contribution in [-0.2, 0) is 6.54 Å². The average Bonchev–Trinajstić information content (AvgIpc) is 3.18. The Balaban J connectivity index is 1.38. The van der Waals surface area contributed by atoms with Gasteiger partial charge in [0.15, 0.2) is 0 Å². The molecule has 0 spiro atoms. The number of aryl methyl sites for hydroxylation is 1. The third-order valence-corrected chi connectivity index (χ3v) is 6.32. The van der Waals surface area contributed by atoms with Crippen LogP contribution in [0.2, 0.25) is 0 Å². The molecule has 120 valence electrons. The topological polar surface area (TPSA) is 28.2 Å². The maximum absolute atomic E-state index is 4.58. The van der Waals surface area contributed by atoms with Gasteiger partial charge in [-0.1, -0.05) is 6.07 Å². The van der Waals surface area contributed by atoms with Gasteiger partial charge in [0.1, 0.15) is 0 Å². The first-order valence-electron chi connectivity index (χ1n) is 8.11. The number of nitrogens with zero attached hydrogens (tertiary/aromatic N) is 2. The fourth-order valence-corrected chi connectivity index (χ4v) is 4.40. The molecule has 5 heteroatoms. The van der Waals surface area contributed by atoms with Gasteiger partial charge in [0.25, 0.3) is 0 Å². The molecule has 2 aromatic rings. The normalized spacial score (nSPS) is 18.6. The molecule has 1 N–H and O–H groups in total. The van der Waals surface area contributed by atoms with E-state index in [2.05, 4.69) is 51.9 Å². The van der Waals surface area contributed by atoms with E-state index in [1.165, 1.54) is 41.5 Å². The van der Waals surface area contributed by atoms with Crippen molar-refractivity contribution in [3.63, 3.8) is 0 Å². The van der Waals surface area contributed by atoms with Gasteiger partial charge in [-0.05, 0) is 63.7 Å². The number of aromatic nitrogens is 1. The Kier molecular flexibility index (Phi) is 5.63. The van der Waals surface area contributed by atoms with Crippen LogP contribution in [0.1, 0.15) is 41.4 Å². The van der Waals surface area contributed by atoms with Gasteiger partial charge in [-0.3, -0.25) is 4.90 Å². The zero-order chi connectivity index (χ0) is 15.4. The van der Waals surface area contributed by atoms with Gasteiger partial charge in [0.05, 0.1) is 10.7 Å². The van der Waals surface area contributed by atoms with Crippen LogP contribution in [0.15, 0.2) is 22.9 Å². The second-order valence-electron chi connectivity index (χ2n) is 6.22. The average molecular weight is 336 g/mol. The van der Waals surface area contributed by atoms with E-state index in [4.69, 9.17) is 0 Å². The number of piperidine rings is 1. The molecule has 1 atom stereocenters. The maximum Gasteiger partial charge on any atom is 0.0897 e. The lowest BCUT2D eigenvalue weighted by atomic mass is 9.96. The summed E-state index contributed by atoms with van der Waals surface area (Å²) in [5, 5.41) is 9.24. The van der Waals surface area contributed by atoms with Crippen LogP contribution in [0.3, 0.4) is 0 Å². The smallest absolute Gasteiger partial charge is 0.0897 e. The van der Waals surface area contributed by atoms with Crippen LogP contribution >= 0.6 is 22.7 Å². The Bertz CT molecular complexity index is 556. The first-order valence-corrected chi connectivity index (χ1v) is 9.87. The van der Waals surface area contributed by atoms with E-state index in [-0.39, 0.29) is 0 Å². The quantitative estimate of drug-likeness (QED) is 0.862. The fourth-order valence-electron chi connectivity index (χ4n) is 3.04. The molecule has 0 bridgehead atoms. The highest BCUT2D eigenvalue weighted by Gasteiger charge is 2.20. The summed E-state index contributed by atoms with van der Waals surface area (Å²) in [7, 11) is 0. The van der Waals surface area contributed by atoms with E-state index in [1.54, 1.807) is 11.3 Å². The van der Waals surface area contributed by atoms with Gasteiger partial charge in [-0.25, -0.2) is 4.98 Å². The van der Waals surface area contributed by atoms with E-state index < -0.39 is 0 Å². The molecule has 3 rings (SSSR count). The van der Waals surface area contributed by atoms with Crippen molar-refractivity contribution in [1.82, 2.24) is 15.2 Å². The van der Waals surface area contributed by atoms with Crippen molar-refractivity contribution in [2.45, 2.75) is 39.3 Å². The molecule has 22 heavy (non-hydrogen) atoms. The Morgan fingerprint density at radius 1 is 1.36 bits per heavy atom. The zero-order valence-corrected chi connectivity index (χ0v) is 15.1. The van der Waals surface area contributed by atoms with Crippen LogP contribution in [-0.4, -0.2) is 29.5 Å². The summed E-state index contributed by atoms with van der Waals surface area (Å²) < 4.78 is 0. The SMILES string of the molecule is Cc1nc(CN2CCC(CN[C@H](C)c3cccs3)CC2)cs1. The van der Waals surface area contributed by atoms with Crippen LogP contribution in [0.4, 0.5) is 0 Å². The van der Waals surface area contributed by atoms with E-state index in [0.717, 1.165) is 19.0 Å². The third-order valence-electron chi connectivity index (χ3n) is 4.44. The third kappa shape index (κ3) is 4.38. The molecular weight excluding hydrogens is 310 g/mol. The summed E-state index contributed by atoms with van der Waals surface area (Å²) in [5.74, 6) is 0.816. The molecule has 3 nitrogen and oxygen atoms in total. The summed E-state index contributed by atoms with van der Waals surface area (Å²) in [5.41, 5.74) is 1.24. The van der Waals surface area contributed by atoms with Crippen molar-refractivity contribution in [1.29, 1.82) is 0 Å². The van der Waals surface area contributed by atoms with Crippen molar-refractivity contribution < 1.29 is 0 Å². The molecule has 0 saturated carbocycles. The van der Waals surface area contributed by atoms with Crippen molar-refractivity contribution in [2.75, 3.05) is 19.6 Å². The lowest BCUT2D eigenvalue weighted by molar-refractivity contribution is 0.172. The van der Waals surface area contributed by atoms with Crippen LogP contribution in [0.25, 0.3) is 0 Å². The number of thiazole rings is 1. The van der Waals surface area contributed by atoms with E-state index >= 15 is 0 Å². The summed E-state index contributed by atoms with van der Waals surface area (Å²) in [6.45, 7) is 8.93. The monoisotopic (exact) mass is 335 g/mol. The summed E-state index contributed by atoms with van der Waals surface area (Å²) in [6.07, 6.45) is 2.60. The van der Waals surface area contributed by atoms with Crippen LogP contribution < -0.4 is 5.32 Å². The molecule has 3 heterocycles. The highest BCUT2D eigenvalue weighted by molar-refractivity contribution is 7.10. The Hall–Kier alpha value is -0.750. The second-order valence-corrected chi connectivity index (χ2v) is 8.26. The highest BCUT2D eigenvalue weighted by Crippen LogP contribution is 2.22. The second kappa shape index (κ2) is 7.68. The number of hydrogen-bond donors (Lipinski definition) is 1. The molecule has 0 unspecified atom stereocenters. The predicted octanol–water partition coefficient (Wildman–Crippen LogP) is 4.08. The Morgan fingerprint density at radius 2 is 2.18 bits per heavy atom. The molecule has 0 aliphatic carbocycles. The largest absolute Gasteiger partial charge is 0.309 e. The van der Waals surface area contributed by atoms with E-state index in [9.17, 15) is 0 Å². The Morgan fingerprint density at radius 3 is 2.82 bits per heavy atom. The highest BCUT2D eigenvalue weighted by atomic mass is 32.1. The van der Waals surface area contributed by atoms with Gasteiger partial charge in [-0.2, -0.15) is 0 Å². The van der Waals surface area contributed by atoms with Gasteiger partial charge in [0.2, 0.25) is 0 Å². The molecular formula is C17H25N3S2. The number of nitrogens with one attached hydrogen (secondary N) is 1. The van der Waals surface area contributed by atoms with Gasteiger partial charge < -0.3 is 5.32 Å². The van der Waals surface area contributed by atoms with Gasteiger partial charge in [-0.15, -0.1) is 22.7 Å². The van der Waals surface area contributed by atoms with Crippen LogP contribution in [0.5, 0.6) is 0 Å². The van der Waals surface area contributed by atoms with Crippen molar-refractivity contribution in [3.8, 4) is 0 Å². The number of thiophene rings is 1. The maximum atomic E-state index is 4.58. The molecule has 2 aromatic heterocycles. The summed E-state index contributed by atoms with van der Waals surface area (Å²) in [6, 6.07) is 4.84. The first-order chi connectivity index (χ1) is 10.7. The fraction of sp³-hybridized carbons (Fsp3) is 0.588. The number of hydrogen-bond acceptors (Lipinski definition) is 5. The zero-order valence-electron chi connectivity index (χ0n) is 13.4. The lowest BCUT2D eigenvalue weighted by Gasteiger charge is -2.32. The minimum atomic E-state index is 0.482. The van der Waals surface area contributed by atoms with Crippen molar-refractivity contribution in [2.24, 2.45) is 5.92 Å². The Labute approximate surface area is 141 Å². The van der Waals surface area contributed by atoms with Crippen molar-refractivity contribution >= 4 is 22.7 Å².